The molecule has 0 fully saturated rings. The van der Waals surface area contributed by atoms with Crippen molar-refractivity contribution >= 4 is 22.5 Å². The maximum Gasteiger partial charge on any atom is 0.138 e. The maximum absolute atomic E-state index is 13.1. The van der Waals surface area contributed by atoms with Gasteiger partial charge >= 0.3 is 0 Å². The topological polar surface area (TPSA) is 22.1 Å². The van der Waals surface area contributed by atoms with E-state index in [1.807, 2.05) is 12.1 Å². The van der Waals surface area contributed by atoms with Gasteiger partial charge in [0.05, 0.1) is 10.5 Å². The molecule has 20 heavy (non-hydrogen) atoms. The van der Waals surface area contributed by atoms with Gasteiger partial charge in [0.15, 0.2) is 0 Å². The number of hydrogen-bond donors (Lipinski definition) is 0. The first-order chi connectivity index (χ1) is 9.65. The second kappa shape index (κ2) is 5.10. The van der Waals surface area contributed by atoms with Gasteiger partial charge in [-0.3, -0.25) is 4.98 Å². The van der Waals surface area contributed by atoms with Gasteiger partial charge in [-0.05, 0) is 48.9 Å². The quantitative estimate of drug-likeness (QED) is 0.652. The van der Waals surface area contributed by atoms with Crippen LogP contribution in [0.25, 0.3) is 10.9 Å². The predicted octanol–water partition coefficient (Wildman–Crippen LogP) is 5.13. The minimum atomic E-state index is -0.280. The number of aryl methyl sites for hydroxylation is 1. The van der Waals surface area contributed by atoms with Crippen molar-refractivity contribution < 1.29 is 9.13 Å². The van der Waals surface area contributed by atoms with Crippen LogP contribution < -0.4 is 4.74 Å². The Kier molecular flexibility index (Phi) is 3.28. The van der Waals surface area contributed by atoms with Crippen LogP contribution in [0.5, 0.6) is 11.5 Å². The van der Waals surface area contributed by atoms with Crippen LogP contribution >= 0.6 is 11.6 Å². The highest BCUT2D eigenvalue weighted by Gasteiger charge is 2.08. The molecule has 0 bridgehead atoms. The van der Waals surface area contributed by atoms with Crippen molar-refractivity contribution in [2.24, 2.45) is 0 Å². The van der Waals surface area contributed by atoms with E-state index in [4.69, 9.17) is 16.3 Å². The van der Waals surface area contributed by atoms with Crippen molar-refractivity contribution in [2.45, 2.75) is 6.92 Å². The summed E-state index contributed by atoms with van der Waals surface area (Å²) in [5, 5.41) is 1.40. The van der Waals surface area contributed by atoms with Gasteiger partial charge in [-0.25, -0.2) is 4.39 Å². The number of benzene rings is 2. The first kappa shape index (κ1) is 12.9. The molecule has 0 saturated heterocycles. The number of nitrogens with zero attached hydrogens (tertiary/aromatic N) is 1. The molecule has 0 atom stereocenters. The van der Waals surface area contributed by atoms with Gasteiger partial charge in [-0.15, -0.1) is 0 Å². The lowest BCUT2D eigenvalue weighted by Gasteiger charge is -2.11. The Morgan fingerprint density at radius 2 is 1.95 bits per heavy atom. The molecular formula is C16H11ClFNO. The van der Waals surface area contributed by atoms with E-state index in [1.54, 1.807) is 31.3 Å². The van der Waals surface area contributed by atoms with Gasteiger partial charge in [0.2, 0.25) is 0 Å². The van der Waals surface area contributed by atoms with E-state index in [0.717, 1.165) is 10.9 Å². The zero-order chi connectivity index (χ0) is 14.1. The molecule has 0 saturated carbocycles. The lowest BCUT2D eigenvalue weighted by atomic mass is 10.2. The Balaban J connectivity index is 2.09. The van der Waals surface area contributed by atoms with Gasteiger partial charge in [0.1, 0.15) is 17.3 Å². The Morgan fingerprint density at radius 1 is 1.10 bits per heavy atom. The van der Waals surface area contributed by atoms with Crippen LogP contribution in [0, 0.1) is 12.7 Å². The van der Waals surface area contributed by atoms with Crippen molar-refractivity contribution in [1.82, 2.24) is 4.98 Å². The minimum absolute atomic E-state index is 0.280. The number of pyridine rings is 1. The molecule has 2 nitrogen and oxygen atoms in total. The highest BCUT2D eigenvalue weighted by atomic mass is 35.5. The average molecular weight is 288 g/mol. The fraction of sp³-hybridized carbons (Fsp3) is 0.0625. The van der Waals surface area contributed by atoms with Gasteiger partial charge in [0, 0.05) is 11.6 Å². The summed E-state index contributed by atoms with van der Waals surface area (Å²) >= 11 is 6.12. The number of halogens is 2. The van der Waals surface area contributed by atoms with E-state index in [2.05, 4.69) is 4.98 Å². The minimum Gasteiger partial charge on any atom is -0.456 e. The van der Waals surface area contributed by atoms with Gasteiger partial charge in [-0.1, -0.05) is 17.7 Å². The Hall–Kier alpha value is -2.13. The fourth-order valence-corrected chi connectivity index (χ4v) is 2.27. The van der Waals surface area contributed by atoms with Gasteiger partial charge in [-0.2, -0.15) is 0 Å². The van der Waals surface area contributed by atoms with Crippen LogP contribution in [0.4, 0.5) is 4.39 Å². The first-order valence-electron chi connectivity index (χ1n) is 6.12. The number of fused-ring (bicyclic) bond motifs is 1. The third-order valence-electron chi connectivity index (χ3n) is 3.04. The number of ether oxygens (including phenoxy) is 1. The normalized spacial score (nSPS) is 10.8. The summed E-state index contributed by atoms with van der Waals surface area (Å²) in [5.41, 5.74) is 1.42. The summed E-state index contributed by atoms with van der Waals surface area (Å²) in [6, 6.07) is 11.7. The smallest absolute Gasteiger partial charge is 0.138 e. The molecule has 0 amide bonds. The van der Waals surface area contributed by atoms with Crippen LogP contribution in [0.2, 0.25) is 5.02 Å². The summed E-state index contributed by atoms with van der Waals surface area (Å²) in [6.45, 7) is 1.80. The summed E-state index contributed by atoms with van der Waals surface area (Å²) in [6.07, 6.45) is 1.64. The second-order valence-electron chi connectivity index (χ2n) is 4.46. The number of hydrogen-bond acceptors (Lipinski definition) is 2. The van der Waals surface area contributed by atoms with E-state index < -0.39 is 0 Å². The number of rotatable bonds is 2. The molecule has 1 heterocycles. The van der Waals surface area contributed by atoms with Crippen molar-refractivity contribution in [3.8, 4) is 11.5 Å². The maximum atomic E-state index is 13.1. The third-order valence-corrected chi connectivity index (χ3v) is 3.34. The molecule has 3 aromatic rings. The van der Waals surface area contributed by atoms with Gasteiger partial charge < -0.3 is 4.74 Å². The monoisotopic (exact) mass is 287 g/mol. The molecule has 0 unspecified atom stereocenters. The highest BCUT2D eigenvalue weighted by molar-refractivity contribution is 6.35. The van der Waals surface area contributed by atoms with Crippen LogP contribution in [-0.2, 0) is 0 Å². The van der Waals surface area contributed by atoms with Crippen LogP contribution in [0.15, 0.2) is 48.7 Å². The summed E-state index contributed by atoms with van der Waals surface area (Å²) < 4.78 is 19.0. The predicted molar refractivity (Wildman–Crippen MR) is 78.0 cm³/mol. The SMILES string of the molecule is Cc1cc(F)ccc1Oc1ccnc2c(Cl)cccc12. The fourth-order valence-electron chi connectivity index (χ4n) is 2.05. The molecule has 0 aliphatic rings. The molecular weight excluding hydrogens is 277 g/mol. The average Bonchev–Trinajstić information content (AvgIpc) is 2.43. The third kappa shape index (κ3) is 2.32. The summed E-state index contributed by atoms with van der Waals surface area (Å²) in [5.74, 6) is 0.976. The number of para-hydroxylation sites is 1. The Labute approximate surface area is 120 Å². The lowest BCUT2D eigenvalue weighted by molar-refractivity contribution is 0.481. The first-order valence-corrected chi connectivity index (χ1v) is 6.50. The molecule has 3 rings (SSSR count). The Bertz CT molecular complexity index is 789. The summed E-state index contributed by atoms with van der Waals surface area (Å²) in [4.78, 5) is 4.25. The van der Waals surface area contributed by atoms with Crippen molar-refractivity contribution in [1.29, 1.82) is 0 Å². The molecule has 4 heteroatoms. The van der Waals surface area contributed by atoms with Crippen LogP contribution in [0.3, 0.4) is 0 Å². The summed E-state index contributed by atoms with van der Waals surface area (Å²) in [7, 11) is 0. The van der Waals surface area contributed by atoms with Crippen LogP contribution in [0.1, 0.15) is 5.56 Å². The Morgan fingerprint density at radius 3 is 2.75 bits per heavy atom. The van der Waals surface area contributed by atoms with Gasteiger partial charge in [0.25, 0.3) is 0 Å². The van der Waals surface area contributed by atoms with Crippen molar-refractivity contribution in [3.05, 3.63) is 65.1 Å². The molecule has 100 valence electrons. The molecule has 0 N–H and O–H groups in total. The van der Waals surface area contributed by atoms with E-state index in [9.17, 15) is 4.39 Å². The van der Waals surface area contributed by atoms with E-state index in [0.29, 0.717) is 22.0 Å². The molecule has 0 radical (unpaired) electrons. The standard InChI is InChI=1S/C16H11ClFNO/c1-10-9-11(18)5-6-14(10)20-15-7-8-19-16-12(15)3-2-4-13(16)17/h2-9H,1H3. The molecule has 0 aliphatic heterocycles. The zero-order valence-corrected chi connectivity index (χ0v) is 11.5. The number of aromatic nitrogens is 1. The van der Waals surface area contributed by atoms with E-state index >= 15 is 0 Å². The highest BCUT2D eigenvalue weighted by Crippen LogP contribution is 2.33. The largest absolute Gasteiger partial charge is 0.456 e. The van der Waals surface area contributed by atoms with E-state index in [-0.39, 0.29) is 5.82 Å². The second-order valence-corrected chi connectivity index (χ2v) is 4.86. The zero-order valence-electron chi connectivity index (χ0n) is 10.7. The molecule has 1 aromatic heterocycles. The van der Waals surface area contributed by atoms with Crippen LogP contribution in [-0.4, -0.2) is 4.98 Å². The van der Waals surface area contributed by atoms with Crippen molar-refractivity contribution in [3.63, 3.8) is 0 Å². The molecule has 0 aliphatic carbocycles. The molecule has 0 spiro atoms. The van der Waals surface area contributed by atoms with Crippen molar-refractivity contribution in [2.75, 3.05) is 0 Å². The molecule has 2 aromatic carbocycles. The van der Waals surface area contributed by atoms with E-state index in [1.165, 1.54) is 12.1 Å². The lowest BCUT2D eigenvalue weighted by Crippen LogP contribution is -1.91.